The van der Waals surface area contributed by atoms with E-state index >= 15 is 0 Å². The Kier molecular flexibility index (Phi) is 6.39. The highest BCUT2D eigenvalue weighted by molar-refractivity contribution is 7.92. The molecule has 1 amide bonds. The van der Waals surface area contributed by atoms with E-state index < -0.39 is 16.1 Å². The van der Waals surface area contributed by atoms with Crippen molar-refractivity contribution in [2.24, 2.45) is 5.92 Å². The lowest BCUT2D eigenvalue weighted by Crippen LogP contribution is -2.50. The molecule has 1 heterocycles. The molecule has 0 bridgehead atoms. The largest absolute Gasteiger partial charge is 0.476 e. The van der Waals surface area contributed by atoms with Gasteiger partial charge in [-0.05, 0) is 49.6 Å². The molecule has 1 N–H and O–H groups in total. The van der Waals surface area contributed by atoms with Gasteiger partial charge in [-0.3, -0.25) is 9.10 Å². The summed E-state index contributed by atoms with van der Waals surface area (Å²) in [7, 11) is -3.89. The van der Waals surface area contributed by atoms with Crippen molar-refractivity contribution in [1.29, 1.82) is 0 Å². The maximum absolute atomic E-state index is 13.3. The number of nitrogens with zero attached hydrogens (tertiary/aromatic N) is 1. The van der Waals surface area contributed by atoms with E-state index in [-0.39, 0.29) is 17.3 Å². The highest BCUT2D eigenvalue weighted by Gasteiger charge is 2.37. The lowest BCUT2D eigenvalue weighted by atomic mass is 10.1. The van der Waals surface area contributed by atoms with Crippen LogP contribution < -0.4 is 14.4 Å². The molecule has 3 rings (SSSR count). The number of hydrogen-bond acceptors (Lipinski definition) is 4. The molecule has 8 heteroatoms. The standard InChI is InChI=1S/C21H25ClN2O4S/c1-14(2)10-11-23-21(25)20-13-24(18-12-16(22)6-9-19(18)28-20)29(26,27)17-7-4-15(3)5-8-17/h4-9,12,14,20H,10-11,13H2,1-3H3,(H,23,25). The summed E-state index contributed by atoms with van der Waals surface area (Å²) >= 11 is 6.10. The van der Waals surface area contributed by atoms with E-state index in [0.29, 0.717) is 28.9 Å². The molecule has 0 aliphatic carbocycles. The van der Waals surface area contributed by atoms with Crippen molar-refractivity contribution in [3.05, 3.63) is 53.1 Å². The number of halogens is 1. The van der Waals surface area contributed by atoms with E-state index in [1.54, 1.807) is 36.4 Å². The minimum Gasteiger partial charge on any atom is -0.476 e. The number of nitrogens with one attached hydrogen (secondary N) is 1. The molecule has 0 spiro atoms. The normalized spacial score (nSPS) is 16.3. The van der Waals surface area contributed by atoms with E-state index in [1.807, 2.05) is 6.92 Å². The molecular weight excluding hydrogens is 412 g/mol. The Balaban J connectivity index is 1.93. The number of aryl methyl sites for hydroxylation is 1. The monoisotopic (exact) mass is 436 g/mol. The molecule has 1 aliphatic rings. The molecule has 0 saturated heterocycles. The molecule has 1 atom stereocenters. The number of rotatable bonds is 6. The van der Waals surface area contributed by atoms with Crippen LogP contribution >= 0.6 is 11.6 Å². The van der Waals surface area contributed by atoms with E-state index in [1.165, 1.54) is 10.4 Å². The van der Waals surface area contributed by atoms with Gasteiger partial charge in [-0.2, -0.15) is 0 Å². The SMILES string of the molecule is Cc1ccc(S(=O)(=O)N2CC(C(=O)NCCC(C)C)Oc3ccc(Cl)cc32)cc1. The second-order valence-electron chi connectivity index (χ2n) is 7.54. The lowest BCUT2D eigenvalue weighted by molar-refractivity contribution is -0.127. The number of anilines is 1. The Labute approximate surface area is 176 Å². The van der Waals surface area contributed by atoms with E-state index in [4.69, 9.17) is 16.3 Å². The first-order chi connectivity index (χ1) is 13.7. The summed E-state index contributed by atoms with van der Waals surface area (Å²) in [6, 6.07) is 11.3. The number of carbonyl (C=O) groups is 1. The third kappa shape index (κ3) is 4.85. The number of fused-ring (bicyclic) bond motifs is 1. The third-order valence-electron chi connectivity index (χ3n) is 4.71. The van der Waals surface area contributed by atoms with Gasteiger partial charge < -0.3 is 10.1 Å². The molecular formula is C21H25ClN2O4S. The summed E-state index contributed by atoms with van der Waals surface area (Å²) in [5.74, 6) is 0.416. The molecule has 6 nitrogen and oxygen atoms in total. The fourth-order valence-corrected chi connectivity index (χ4v) is 4.66. The molecule has 0 fully saturated rings. The van der Waals surface area contributed by atoms with Gasteiger partial charge in [0.15, 0.2) is 6.10 Å². The minimum absolute atomic E-state index is 0.128. The van der Waals surface area contributed by atoms with Crippen molar-refractivity contribution in [3.8, 4) is 5.75 Å². The molecule has 0 radical (unpaired) electrons. The molecule has 0 saturated carbocycles. The van der Waals surface area contributed by atoms with E-state index in [9.17, 15) is 13.2 Å². The highest BCUT2D eigenvalue weighted by Crippen LogP contribution is 2.38. The zero-order valence-corrected chi connectivity index (χ0v) is 18.3. The first kappa shape index (κ1) is 21.5. The average molecular weight is 437 g/mol. The number of ether oxygens (including phenoxy) is 1. The van der Waals surface area contributed by atoms with Crippen molar-refractivity contribution >= 4 is 33.2 Å². The molecule has 1 unspecified atom stereocenters. The van der Waals surface area contributed by atoms with Crippen LogP contribution in [0.4, 0.5) is 5.69 Å². The van der Waals surface area contributed by atoms with Gasteiger partial charge in [0.1, 0.15) is 5.75 Å². The van der Waals surface area contributed by atoms with Crippen molar-refractivity contribution in [2.75, 3.05) is 17.4 Å². The summed E-state index contributed by atoms with van der Waals surface area (Å²) in [5.41, 5.74) is 1.28. The fourth-order valence-electron chi connectivity index (χ4n) is 3.02. The maximum atomic E-state index is 13.3. The van der Waals surface area contributed by atoms with Crippen LogP contribution in [0.15, 0.2) is 47.4 Å². The summed E-state index contributed by atoms with van der Waals surface area (Å²) in [6.45, 7) is 6.40. The van der Waals surface area contributed by atoms with Gasteiger partial charge in [-0.1, -0.05) is 43.1 Å². The molecule has 156 valence electrons. The Morgan fingerprint density at radius 3 is 2.59 bits per heavy atom. The molecule has 2 aromatic rings. The Morgan fingerprint density at radius 2 is 1.93 bits per heavy atom. The quantitative estimate of drug-likeness (QED) is 0.747. The van der Waals surface area contributed by atoms with Gasteiger partial charge in [0.2, 0.25) is 0 Å². The van der Waals surface area contributed by atoms with Crippen LogP contribution in [0.1, 0.15) is 25.8 Å². The van der Waals surface area contributed by atoms with Crippen molar-refractivity contribution in [1.82, 2.24) is 5.32 Å². The Hall–Kier alpha value is -2.25. The van der Waals surface area contributed by atoms with Crippen LogP contribution in [0, 0.1) is 12.8 Å². The fraction of sp³-hybridized carbons (Fsp3) is 0.381. The second-order valence-corrected chi connectivity index (χ2v) is 9.84. The highest BCUT2D eigenvalue weighted by atomic mass is 35.5. The third-order valence-corrected chi connectivity index (χ3v) is 6.74. The van der Waals surface area contributed by atoms with E-state index in [0.717, 1.165) is 12.0 Å². The number of amides is 1. The topological polar surface area (TPSA) is 75.7 Å². The van der Waals surface area contributed by atoms with Gasteiger partial charge in [-0.15, -0.1) is 0 Å². The summed E-state index contributed by atoms with van der Waals surface area (Å²) in [4.78, 5) is 12.8. The van der Waals surface area contributed by atoms with Gasteiger partial charge >= 0.3 is 0 Å². The average Bonchev–Trinajstić information content (AvgIpc) is 2.67. The second kappa shape index (κ2) is 8.63. The van der Waals surface area contributed by atoms with Crippen LogP contribution in [-0.4, -0.2) is 33.5 Å². The Morgan fingerprint density at radius 1 is 1.24 bits per heavy atom. The number of carbonyl (C=O) groups excluding carboxylic acids is 1. The van der Waals surface area contributed by atoms with Gasteiger partial charge in [0.25, 0.3) is 15.9 Å². The van der Waals surface area contributed by atoms with Crippen LogP contribution in [0.3, 0.4) is 0 Å². The first-order valence-electron chi connectivity index (χ1n) is 9.52. The number of benzene rings is 2. The number of sulfonamides is 1. The van der Waals surface area contributed by atoms with Crippen molar-refractivity contribution in [2.45, 2.75) is 38.2 Å². The van der Waals surface area contributed by atoms with Crippen molar-refractivity contribution in [3.63, 3.8) is 0 Å². The van der Waals surface area contributed by atoms with Gasteiger partial charge in [-0.25, -0.2) is 8.42 Å². The lowest BCUT2D eigenvalue weighted by Gasteiger charge is -2.35. The predicted molar refractivity (Wildman–Crippen MR) is 114 cm³/mol. The van der Waals surface area contributed by atoms with Crippen LogP contribution in [0.2, 0.25) is 5.02 Å². The Bertz CT molecular complexity index is 990. The van der Waals surface area contributed by atoms with E-state index in [2.05, 4.69) is 19.2 Å². The maximum Gasteiger partial charge on any atom is 0.264 e. The summed E-state index contributed by atoms with van der Waals surface area (Å²) in [6.07, 6.45) is -0.119. The van der Waals surface area contributed by atoms with Crippen LogP contribution in [-0.2, 0) is 14.8 Å². The molecule has 29 heavy (non-hydrogen) atoms. The first-order valence-corrected chi connectivity index (χ1v) is 11.3. The summed E-state index contributed by atoms with van der Waals surface area (Å²) in [5, 5.41) is 3.22. The molecule has 2 aromatic carbocycles. The molecule has 0 aromatic heterocycles. The van der Waals surface area contributed by atoms with Crippen LogP contribution in [0.25, 0.3) is 0 Å². The molecule has 1 aliphatic heterocycles. The zero-order chi connectivity index (χ0) is 21.2. The minimum atomic E-state index is -3.89. The number of hydrogen-bond donors (Lipinski definition) is 1. The van der Waals surface area contributed by atoms with Gasteiger partial charge in [0.05, 0.1) is 17.1 Å². The zero-order valence-electron chi connectivity index (χ0n) is 16.7. The summed E-state index contributed by atoms with van der Waals surface area (Å²) < 4.78 is 33.7. The predicted octanol–water partition coefficient (Wildman–Crippen LogP) is 3.77. The van der Waals surface area contributed by atoms with Crippen LogP contribution in [0.5, 0.6) is 5.75 Å². The smallest absolute Gasteiger partial charge is 0.264 e. The van der Waals surface area contributed by atoms with Crippen molar-refractivity contribution < 1.29 is 17.9 Å². The van der Waals surface area contributed by atoms with Gasteiger partial charge in [0, 0.05) is 11.6 Å².